The summed E-state index contributed by atoms with van der Waals surface area (Å²) in [5.74, 6) is 0.0738. The summed E-state index contributed by atoms with van der Waals surface area (Å²) in [6.45, 7) is 0. The van der Waals surface area contributed by atoms with Gasteiger partial charge in [-0.25, -0.2) is 0 Å². The molecule has 1 N–H and O–H groups in total. The van der Waals surface area contributed by atoms with E-state index in [9.17, 15) is 0 Å². The number of nitrogens with zero attached hydrogens (tertiary/aromatic N) is 1. The predicted molar refractivity (Wildman–Crippen MR) is 48.2 cm³/mol. The molecule has 0 fully saturated rings. The fourth-order valence-electron chi connectivity index (χ4n) is 0.623. The predicted octanol–water partition coefficient (Wildman–Crippen LogP) is 2.79. The molecule has 0 aliphatic rings. The van der Waals surface area contributed by atoms with Gasteiger partial charge < -0.3 is 5.11 Å². The molecule has 0 heterocycles. The molecule has 0 atom stereocenters. The summed E-state index contributed by atoms with van der Waals surface area (Å²) < 4.78 is 1.24. The van der Waals surface area contributed by atoms with Gasteiger partial charge in [0.05, 0.1) is 10.0 Å². The molecule has 0 bridgehead atoms. The van der Waals surface area contributed by atoms with Gasteiger partial charge in [-0.05, 0) is 44.0 Å². The number of halogens is 2. The normalized spacial score (nSPS) is 9.18. The van der Waals surface area contributed by atoms with Gasteiger partial charge in [0, 0.05) is 4.47 Å². The van der Waals surface area contributed by atoms with Gasteiger partial charge in [0.25, 0.3) is 0 Å². The second kappa shape index (κ2) is 3.24. The van der Waals surface area contributed by atoms with E-state index in [4.69, 9.17) is 10.4 Å². The minimum Gasteiger partial charge on any atom is -0.507 e. The maximum Gasteiger partial charge on any atom is 0.131 e. The minimum absolute atomic E-state index is 0.0738. The van der Waals surface area contributed by atoms with E-state index in [1.54, 1.807) is 6.07 Å². The lowest BCUT2D eigenvalue weighted by Gasteiger charge is -1.98. The molecule has 0 unspecified atom stereocenters. The molecule has 0 saturated heterocycles. The van der Waals surface area contributed by atoms with Crippen molar-refractivity contribution >= 4 is 31.9 Å². The summed E-state index contributed by atoms with van der Waals surface area (Å²) in [6, 6.07) is 4.97. The quantitative estimate of drug-likeness (QED) is 0.792. The first kappa shape index (κ1) is 8.57. The van der Waals surface area contributed by atoms with E-state index in [1.165, 1.54) is 6.07 Å². The Balaban J connectivity index is 3.35. The molecule has 0 aliphatic heterocycles. The molecule has 0 spiro atoms. The number of rotatable bonds is 0. The van der Waals surface area contributed by atoms with Crippen LogP contribution in [-0.4, -0.2) is 5.11 Å². The first-order valence-electron chi connectivity index (χ1n) is 2.73. The van der Waals surface area contributed by atoms with Crippen LogP contribution >= 0.6 is 31.9 Å². The molecule has 0 aromatic heterocycles. The topological polar surface area (TPSA) is 44.0 Å². The van der Waals surface area contributed by atoms with Crippen LogP contribution in [0.15, 0.2) is 21.1 Å². The Labute approximate surface area is 80.7 Å². The van der Waals surface area contributed by atoms with Gasteiger partial charge in [-0.15, -0.1) is 0 Å². The van der Waals surface area contributed by atoms with Crippen LogP contribution in [0.3, 0.4) is 0 Å². The Morgan fingerprint density at radius 1 is 1.27 bits per heavy atom. The summed E-state index contributed by atoms with van der Waals surface area (Å²) in [4.78, 5) is 0. The molecular weight excluding hydrogens is 274 g/mol. The van der Waals surface area contributed by atoms with Crippen molar-refractivity contribution in [2.45, 2.75) is 0 Å². The molecule has 1 rings (SSSR count). The maximum atomic E-state index is 9.14. The zero-order valence-corrected chi connectivity index (χ0v) is 8.48. The van der Waals surface area contributed by atoms with Gasteiger partial charge in [0.1, 0.15) is 11.8 Å². The van der Waals surface area contributed by atoms with E-state index in [0.29, 0.717) is 14.5 Å². The molecular formula is C7H3Br2NO. The van der Waals surface area contributed by atoms with Gasteiger partial charge in [-0.1, -0.05) is 0 Å². The second-order valence-electron chi connectivity index (χ2n) is 1.90. The lowest BCUT2D eigenvalue weighted by molar-refractivity contribution is 0.471. The fraction of sp³-hybridized carbons (Fsp3) is 0. The van der Waals surface area contributed by atoms with Crippen LogP contribution in [0.1, 0.15) is 5.56 Å². The molecule has 11 heavy (non-hydrogen) atoms. The number of nitriles is 1. The minimum atomic E-state index is 0.0738. The lowest BCUT2D eigenvalue weighted by atomic mass is 10.2. The van der Waals surface area contributed by atoms with E-state index in [1.807, 2.05) is 6.07 Å². The van der Waals surface area contributed by atoms with Crippen molar-refractivity contribution < 1.29 is 5.11 Å². The van der Waals surface area contributed by atoms with Crippen LogP contribution in [0.5, 0.6) is 5.75 Å². The third-order valence-corrected chi connectivity index (χ3v) is 2.45. The molecule has 56 valence electrons. The van der Waals surface area contributed by atoms with E-state index < -0.39 is 0 Å². The first-order valence-corrected chi connectivity index (χ1v) is 4.32. The lowest BCUT2D eigenvalue weighted by Crippen LogP contribution is -1.77. The molecule has 1 aromatic rings. The van der Waals surface area contributed by atoms with E-state index >= 15 is 0 Å². The average molecular weight is 277 g/mol. The van der Waals surface area contributed by atoms with Crippen molar-refractivity contribution in [2.24, 2.45) is 0 Å². The standard InChI is InChI=1S/C7H3Br2NO/c8-5-2-6(9)7(11)1-4(5)3-10/h1-2,11H. The van der Waals surface area contributed by atoms with Crippen LogP contribution in [0.25, 0.3) is 0 Å². The zero-order valence-electron chi connectivity index (χ0n) is 5.31. The van der Waals surface area contributed by atoms with Crippen LogP contribution in [0.4, 0.5) is 0 Å². The third-order valence-electron chi connectivity index (χ3n) is 1.16. The largest absolute Gasteiger partial charge is 0.507 e. The fourth-order valence-corrected chi connectivity index (χ4v) is 1.71. The number of hydrogen-bond donors (Lipinski definition) is 1. The van der Waals surface area contributed by atoms with Gasteiger partial charge >= 0.3 is 0 Å². The highest BCUT2D eigenvalue weighted by Gasteiger charge is 2.03. The van der Waals surface area contributed by atoms with Crippen LogP contribution < -0.4 is 0 Å². The Morgan fingerprint density at radius 2 is 1.91 bits per heavy atom. The van der Waals surface area contributed by atoms with Crippen molar-refractivity contribution in [1.29, 1.82) is 5.26 Å². The Hall–Kier alpha value is -0.530. The van der Waals surface area contributed by atoms with Crippen LogP contribution in [0.2, 0.25) is 0 Å². The smallest absolute Gasteiger partial charge is 0.131 e. The molecule has 0 saturated carbocycles. The summed E-state index contributed by atoms with van der Waals surface area (Å²) in [7, 11) is 0. The van der Waals surface area contributed by atoms with Crippen molar-refractivity contribution in [3.05, 3.63) is 26.6 Å². The monoisotopic (exact) mass is 275 g/mol. The highest BCUT2D eigenvalue weighted by Crippen LogP contribution is 2.29. The first-order chi connectivity index (χ1) is 5.15. The highest BCUT2D eigenvalue weighted by molar-refractivity contribution is 9.11. The van der Waals surface area contributed by atoms with Crippen LogP contribution in [0, 0.1) is 11.3 Å². The number of aromatic hydroxyl groups is 1. The number of hydrogen-bond acceptors (Lipinski definition) is 2. The number of phenolic OH excluding ortho intramolecular Hbond substituents is 1. The van der Waals surface area contributed by atoms with E-state index in [2.05, 4.69) is 31.9 Å². The zero-order chi connectivity index (χ0) is 8.43. The second-order valence-corrected chi connectivity index (χ2v) is 3.60. The van der Waals surface area contributed by atoms with E-state index in [-0.39, 0.29) is 5.75 Å². The molecule has 0 aliphatic carbocycles. The Kier molecular flexibility index (Phi) is 2.53. The summed E-state index contributed by atoms with van der Waals surface area (Å²) in [6.07, 6.45) is 0. The molecule has 2 nitrogen and oxygen atoms in total. The van der Waals surface area contributed by atoms with Gasteiger partial charge in [0.2, 0.25) is 0 Å². The summed E-state index contributed by atoms with van der Waals surface area (Å²) in [5, 5.41) is 17.7. The molecule has 0 amide bonds. The highest BCUT2D eigenvalue weighted by atomic mass is 79.9. The van der Waals surface area contributed by atoms with Gasteiger partial charge in [-0.3, -0.25) is 0 Å². The average Bonchev–Trinajstić information content (AvgIpc) is 1.97. The SMILES string of the molecule is N#Cc1cc(O)c(Br)cc1Br. The number of benzene rings is 1. The molecule has 4 heteroatoms. The Morgan fingerprint density at radius 3 is 2.45 bits per heavy atom. The molecule has 0 radical (unpaired) electrons. The van der Waals surface area contributed by atoms with Crippen LogP contribution in [-0.2, 0) is 0 Å². The molecule has 1 aromatic carbocycles. The van der Waals surface area contributed by atoms with Crippen molar-refractivity contribution in [3.8, 4) is 11.8 Å². The van der Waals surface area contributed by atoms with Crippen molar-refractivity contribution in [2.75, 3.05) is 0 Å². The van der Waals surface area contributed by atoms with Gasteiger partial charge in [0.15, 0.2) is 0 Å². The van der Waals surface area contributed by atoms with E-state index in [0.717, 1.165) is 0 Å². The summed E-state index contributed by atoms with van der Waals surface area (Å²) in [5.41, 5.74) is 0.422. The van der Waals surface area contributed by atoms with Crippen molar-refractivity contribution in [3.63, 3.8) is 0 Å². The summed E-state index contributed by atoms with van der Waals surface area (Å²) >= 11 is 6.30. The number of phenols is 1. The van der Waals surface area contributed by atoms with Gasteiger partial charge in [-0.2, -0.15) is 5.26 Å². The van der Waals surface area contributed by atoms with Crippen molar-refractivity contribution in [1.82, 2.24) is 0 Å². The third kappa shape index (κ3) is 1.73. The Bertz CT molecular complexity index is 330. The maximum absolute atomic E-state index is 9.14.